The van der Waals surface area contributed by atoms with Crippen molar-refractivity contribution in [1.82, 2.24) is 10.2 Å². The van der Waals surface area contributed by atoms with Gasteiger partial charge in [0.2, 0.25) is 12.7 Å². The lowest BCUT2D eigenvalue weighted by atomic mass is 10.1. The number of likely N-dealkylation sites (tertiary alicyclic amines) is 1. The second kappa shape index (κ2) is 6.63. The van der Waals surface area contributed by atoms with Crippen LogP contribution in [0.5, 0.6) is 11.5 Å². The molecule has 1 aromatic carbocycles. The Morgan fingerprint density at radius 1 is 1.21 bits per heavy atom. The smallest absolute Gasteiger partial charge is 0.231 e. The number of ether oxygens (including phenoxy) is 2. The number of nitrogens with zero attached hydrogens (tertiary/aromatic N) is 1. The van der Waals surface area contributed by atoms with Gasteiger partial charge in [0.05, 0.1) is 0 Å². The third-order valence-electron chi connectivity index (χ3n) is 5.59. The van der Waals surface area contributed by atoms with Crippen LogP contribution in [0.4, 0.5) is 0 Å². The van der Waals surface area contributed by atoms with Crippen LogP contribution in [0.15, 0.2) is 18.2 Å². The number of hydrogen-bond donors (Lipinski definition) is 1. The molecule has 0 bridgehead atoms. The zero-order valence-electron chi connectivity index (χ0n) is 14.3. The first-order chi connectivity index (χ1) is 11.7. The van der Waals surface area contributed by atoms with E-state index >= 15 is 0 Å². The van der Waals surface area contributed by atoms with E-state index in [1.165, 1.54) is 18.4 Å². The molecule has 2 aliphatic heterocycles. The summed E-state index contributed by atoms with van der Waals surface area (Å²) in [7, 11) is 0. The quantitative estimate of drug-likeness (QED) is 0.922. The molecule has 130 valence electrons. The van der Waals surface area contributed by atoms with E-state index in [0.29, 0.717) is 18.7 Å². The molecule has 1 saturated carbocycles. The summed E-state index contributed by atoms with van der Waals surface area (Å²) < 4.78 is 10.8. The minimum Gasteiger partial charge on any atom is -0.454 e. The normalized spacial score (nSPS) is 24.5. The standard InChI is InChI=1S/C19H26N2O3/c1-13(15-6-7-17-18(10-15)24-12-23-17)20-16-8-9-21(11-16)19(22)14-4-2-3-5-14/h6-7,10,13-14,16,20H,2-5,8-9,11-12H2,1H3/t13-,16+/m1/s1. The molecule has 0 aromatic heterocycles. The van der Waals surface area contributed by atoms with E-state index in [-0.39, 0.29) is 12.0 Å². The first-order valence-electron chi connectivity index (χ1n) is 9.15. The molecule has 1 N–H and O–H groups in total. The molecule has 1 aliphatic carbocycles. The topological polar surface area (TPSA) is 50.8 Å². The lowest BCUT2D eigenvalue weighted by Gasteiger charge is -2.22. The van der Waals surface area contributed by atoms with E-state index in [1.807, 2.05) is 6.07 Å². The summed E-state index contributed by atoms with van der Waals surface area (Å²) in [6, 6.07) is 6.71. The van der Waals surface area contributed by atoms with Crippen molar-refractivity contribution in [1.29, 1.82) is 0 Å². The van der Waals surface area contributed by atoms with Crippen LogP contribution in [0.3, 0.4) is 0 Å². The van der Waals surface area contributed by atoms with Crippen molar-refractivity contribution in [3.8, 4) is 11.5 Å². The van der Waals surface area contributed by atoms with Gasteiger partial charge in [0.15, 0.2) is 11.5 Å². The molecule has 24 heavy (non-hydrogen) atoms. The molecule has 0 unspecified atom stereocenters. The Bertz CT molecular complexity index is 613. The van der Waals surface area contributed by atoms with E-state index in [4.69, 9.17) is 9.47 Å². The molecule has 2 fully saturated rings. The van der Waals surface area contributed by atoms with Gasteiger partial charge in [-0.25, -0.2) is 0 Å². The summed E-state index contributed by atoms with van der Waals surface area (Å²) in [6.45, 7) is 4.20. The van der Waals surface area contributed by atoms with E-state index in [1.54, 1.807) is 0 Å². The molecular formula is C19H26N2O3. The third-order valence-corrected chi connectivity index (χ3v) is 5.59. The Labute approximate surface area is 143 Å². The second-order valence-corrected chi connectivity index (χ2v) is 7.25. The van der Waals surface area contributed by atoms with Crippen LogP contribution in [-0.2, 0) is 4.79 Å². The third kappa shape index (κ3) is 3.09. The number of nitrogens with one attached hydrogen (secondary N) is 1. The summed E-state index contributed by atoms with van der Waals surface area (Å²) in [6.07, 6.45) is 5.63. The van der Waals surface area contributed by atoms with Gasteiger partial charge in [0.1, 0.15) is 0 Å². The van der Waals surface area contributed by atoms with Crippen LogP contribution < -0.4 is 14.8 Å². The van der Waals surface area contributed by atoms with E-state index < -0.39 is 0 Å². The maximum Gasteiger partial charge on any atom is 0.231 e. The number of hydrogen-bond acceptors (Lipinski definition) is 4. The highest BCUT2D eigenvalue weighted by molar-refractivity contribution is 5.79. The average molecular weight is 330 g/mol. The van der Waals surface area contributed by atoms with Crippen LogP contribution >= 0.6 is 0 Å². The summed E-state index contributed by atoms with van der Waals surface area (Å²) >= 11 is 0. The van der Waals surface area contributed by atoms with Gasteiger partial charge < -0.3 is 19.7 Å². The fourth-order valence-corrected chi connectivity index (χ4v) is 4.16. The fourth-order valence-electron chi connectivity index (χ4n) is 4.16. The van der Waals surface area contributed by atoms with Crippen LogP contribution in [0.25, 0.3) is 0 Å². The van der Waals surface area contributed by atoms with Gasteiger partial charge in [0, 0.05) is 31.1 Å². The fraction of sp³-hybridized carbons (Fsp3) is 0.632. The van der Waals surface area contributed by atoms with Crippen molar-refractivity contribution in [2.75, 3.05) is 19.9 Å². The molecule has 5 nitrogen and oxygen atoms in total. The van der Waals surface area contributed by atoms with Crippen molar-refractivity contribution < 1.29 is 14.3 Å². The maximum atomic E-state index is 12.5. The van der Waals surface area contributed by atoms with Crippen molar-refractivity contribution in [2.24, 2.45) is 5.92 Å². The van der Waals surface area contributed by atoms with Crippen LogP contribution in [-0.4, -0.2) is 36.7 Å². The Hall–Kier alpha value is -1.75. The van der Waals surface area contributed by atoms with Crippen LogP contribution in [0.2, 0.25) is 0 Å². The highest BCUT2D eigenvalue weighted by Gasteiger charge is 2.32. The number of benzene rings is 1. The van der Waals surface area contributed by atoms with Crippen molar-refractivity contribution in [3.05, 3.63) is 23.8 Å². The van der Waals surface area contributed by atoms with Gasteiger partial charge in [-0.05, 0) is 43.9 Å². The molecule has 4 rings (SSSR count). The van der Waals surface area contributed by atoms with Gasteiger partial charge in [-0.2, -0.15) is 0 Å². The van der Waals surface area contributed by atoms with Gasteiger partial charge in [-0.15, -0.1) is 0 Å². The largest absolute Gasteiger partial charge is 0.454 e. The summed E-state index contributed by atoms with van der Waals surface area (Å²) in [5.74, 6) is 2.31. The number of rotatable bonds is 4. The molecular weight excluding hydrogens is 304 g/mol. The molecule has 2 heterocycles. The minimum atomic E-state index is 0.228. The lowest BCUT2D eigenvalue weighted by molar-refractivity contribution is -0.134. The number of fused-ring (bicyclic) bond motifs is 1. The van der Waals surface area contributed by atoms with E-state index in [2.05, 4.69) is 29.3 Å². The van der Waals surface area contributed by atoms with Crippen molar-refractivity contribution in [2.45, 2.75) is 51.1 Å². The number of amides is 1. The molecule has 0 spiro atoms. The zero-order valence-corrected chi connectivity index (χ0v) is 14.3. The monoisotopic (exact) mass is 330 g/mol. The Kier molecular flexibility index (Phi) is 4.35. The molecule has 1 amide bonds. The Balaban J connectivity index is 1.33. The first kappa shape index (κ1) is 15.8. The van der Waals surface area contributed by atoms with Gasteiger partial charge in [0.25, 0.3) is 0 Å². The lowest BCUT2D eigenvalue weighted by Crippen LogP contribution is -2.38. The van der Waals surface area contributed by atoms with Crippen molar-refractivity contribution in [3.63, 3.8) is 0 Å². The highest BCUT2D eigenvalue weighted by Crippen LogP contribution is 2.34. The molecule has 1 saturated heterocycles. The molecule has 0 radical (unpaired) electrons. The summed E-state index contributed by atoms with van der Waals surface area (Å²) in [4.78, 5) is 14.6. The van der Waals surface area contributed by atoms with E-state index in [9.17, 15) is 4.79 Å². The molecule has 2 atom stereocenters. The first-order valence-corrected chi connectivity index (χ1v) is 9.15. The maximum absolute atomic E-state index is 12.5. The van der Waals surface area contributed by atoms with Crippen molar-refractivity contribution >= 4 is 5.91 Å². The zero-order chi connectivity index (χ0) is 16.5. The van der Waals surface area contributed by atoms with E-state index in [0.717, 1.165) is 43.9 Å². The summed E-state index contributed by atoms with van der Waals surface area (Å²) in [5.41, 5.74) is 1.19. The predicted molar refractivity (Wildman–Crippen MR) is 91.1 cm³/mol. The van der Waals surface area contributed by atoms with Crippen LogP contribution in [0.1, 0.15) is 50.6 Å². The number of carbonyl (C=O) groups excluding carboxylic acids is 1. The number of carbonyl (C=O) groups is 1. The molecule has 5 heteroatoms. The Morgan fingerprint density at radius 2 is 2.00 bits per heavy atom. The van der Waals surface area contributed by atoms with Gasteiger partial charge in [-0.3, -0.25) is 4.79 Å². The molecule has 3 aliphatic rings. The Morgan fingerprint density at radius 3 is 2.83 bits per heavy atom. The van der Waals surface area contributed by atoms with Crippen LogP contribution in [0, 0.1) is 5.92 Å². The molecule has 1 aromatic rings. The highest BCUT2D eigenvalue weighted by atomic mass is 16.7. The summed E-state index contributed by atoms with van der Waals surface area (Å²) in [5, 5.41) is 3.67. The van der Waals surface area contributed by atoms with Gasteiger partial charge in [-0.1, -0.05) is 18.9 Å². The predicted octanol–water partition coefficient (Wildman–Crippen LogP) is 2.86. The van der Waals surface area contributed by atoms with Gasteiger partial charge >= 0.3 is 0 Å². The SMILES string of the molecule is C[C@@H](N[C@H]1CCN(C(=O)C2CCCC2)C1)c1ccc2c(c1)OCO2. The second-order valence-electron chi connectivity index (χ2n) is 7.25. The average Bonchev–Trinajstić information content (AvgIpc) is 3.34. The minimum absolute atomic E-state index is 0.228.